The molecule has 3 aromatic heterocycles. The van der Waals surface area contributed by atoms with Crippen LogP contribution in [0.3, 0.4) is 0 Å². The zero-order chi connectivity index (χ0) is 22.4. The molecule has 0 bridgehead atoms. The van der Waals surface area contributed by atoms with Gasteiger partial charge in [-0.2, -0.15) is 4.98 Å². The third-order valence-corrected chi connectivity index (χ3v) is 7.85. The van der Waals surface area contributed by atoms with Crippen molar-refractivity contribution >= 4 is 34.1 Å². The molecule has 7 heteroatoms. The quantitative estimate of drug-likeness (QED) is 0.628. The summed E-state index contributed by atoms with van der Waals surface area (Å²) in [6, 6.07) is 6.44. The van der Waals surface area contributed by atoms with Crippen LogP contribution < -0.4 is 10.2 Å². The normalized spacial score (nSPS) is 20.7. The minimum absolute atomic E-state index is 0.170. The Morgan fingerprint density at radius 1 is 0.970 bits per heavy atom. The first-order valence-electron chi connectivity index (χ1n) is 12.3. The van der Waals surface area contributed by atoms with Crippen LogP contribution in [0.4, 0.5) is 17.5 Å². The molecular formula is C26H33N7. The van der Waals surface area contributed by atoms with Crippen LogP contribution in [0.5, 0.6) is 0 Å². The van der Waals surface area contributed by atoms with Crippen molar-refractivity contribution in [2.24, 2.45) is 0 Å². The van der Waals surface area contributed by atoms with E-state index in [1.54, 1.807) is 0 Å². The van der Waals surface area contributed by atoms with Crippen LogP contribution in [-0.2, 0) is 5.54 Å². The average molecular weight is 444 g/mol. The van der Waals surface area contributed by atoms with Gasteiger partial charge in [0.05, 0.1) is 17.4 Å². The summed E-state index contributed by atoms with van der Waals surface area (Å²) in [7, 11) is 2.18. The molecule has 2 aliphatic heterocycles. The molecular weight excluding hydrogens is 410 g/mol. The van der Waals surface area contributed by atoms with Gasteiger partial charge in [0.25, 0.3) is 0 Å². The van der Waals surface area contributed by atoms with E-state index in [1.807, 2.05) is 18.5 Å². The molecule has 1 N–H and O–H groups in total. The zero-order valence-electron chi connectivity index (χ0n) is 19.7. The largest absolute Gasteiger partial charge is 0.368 e. The molecule has 0 unspecified atom stereocenters. The lowest BCUT2D eigenvalue weighted by Gasteiger charge is -2.42. The number of nitrogens with one attached hydrogen (secondary N) is 1. The van der Waals surface area contributed by atoms with Crippen LogP contribution in [0.25, 0.3) is 16.6 Å². The summed E-state index contributed by atoms with van der Waals surface area (Å²) in [6.07, 6.45) is 13.9. The maximum atomic E-state index is 5.01. The van der Waals surface area contributed by atoms with Gasteiger partial charge >= 0.3 is 0 Å². The van der Waals surface area contributed by atoms with E-state index in [4.69, 9.17) is 4.98 Å². The van der Waals surface area contributed by atoms with Gasteiger partial charge in [0.2, 0.25) is 5.95 Å². The van der Waals surface area contributed by atoms with Crippen LogP contribution in [0.15, 0.2) is 36.7 Å². The Hall–Kier alpha value is -2.93. The van der Waals surface area contributed by atoms with E-state index in [2.05, 4.69) is 61.8 Å². The van der Waals surface area contributed by atoms with Crippen LogP contribution in [0.2, 0.25) is 0 Å². The summed E-state index contributed by atoms with van der Waals surface area (Å²) in [5.41, 5.74) is 5.04. The van der Waals surface area contributed by atoms with Gasteiger partial charge in [-0.05, 0) is 57.0 Å². The third-order valence-electron chi connectivity index (χ3n) is 7.85. The first-order valence-corrected chi connectivity index (χ1v) is 12.3. The standard InChI is InChI=1S/C26H33N7/c1-19-8-11-26(9-4-3-5-10-26)33-22(19)16-20-17-28-25(30-24(20)33)29-23-7-6-21(18-27-23)32-14-12-31(2)13-15-32/h6-8,16-18H,3-5,9-15H2,1-2H3,(H,27,28,29,30). The Morgan fingerprint density at radius 2 is 1.79 bits per heavy atom. The number of rotatable bonds is 3. The number of likely N-dealkylation sites (N-methyl/N-ethyl adjacent to an activating group) is 1. The van der Waals surface area contributed by atoms with Crippen molar-refractivity contribution in [2.45, 2.75) is 51.0 Å². The van der Waals surface area contributed by atoms with Gasteiger partial charge in [-0.25, -0.2) is 9.97 Å². The fourth-order valence-electron chi connectivity index (χ4n) is 5.82. The smallest absolute Gasteiger partial charge is 0.230 e. The van der Waals surface area contributed by atoms with E-state index in [1.165, 1.54) is 49.1 Å². The molecule has 6 rings (SSSR count). The molecule has 0 atom stereocenters. The van der Waals surface area contributed by atoms with E-state index < -0.39 is 0 Å². The van der Waals surface area contributed by atoms with Gasteiger partial charge in [0, 0.05) is 43.5 Å². The predicted octanol–water partition coefficient (Wildman–Crippen LogP) is 4.79. The van der Waals surface area contributed by atoms with Gasteiger partial charge in [0.1, 0.15) is 11.5 Å². The van der Waals surface area contributed by atoms with E-state index in [9.17, 15) is 0 Å². The number of fused-ring (bicyclic) bond motifs is 4. The van der Waals surface area contributed by atoms with Crippen molar-refractivity contribution < 1.29 is 0 Å². The van der Waals surface area contributed by atoms with Gasteiger partial charge < -0.3 is 19.7 Å². The van der Waals surface area contributed by atoms with Crippen molar-refractivity contribution in [3.05, 3.63) is 42.4 Å². The van der Waals surface area contributed by atoms with Crippen molar-refractivity contribution in [3.8, 4) is 0 Å². The van der Waals surface area contributed by atoms with Gasteiger partial charge in [-0.15, -0.1) is 0 Å². The minimum Gasteiger partial charge on any atom is -0.368 e. The zero-order valence-corrected chi connectivity index (χ0v) is 19.7. The predicted molar refractivity (Wildman–Crippen MR) is 134 cm³/mol. The first kappa shape index (κ1) is 20.7. The summed E-state index contributed by atoms with van der Waals surface area (Å²) in [6.45, 7) is 6.48. The highest BCUT2D eigenvalue weighted by atomic mass is 15.3. The van der Waals surface area contributed by atoms with E-state index in [0.717, 1.165) is 49.5 Å². The fourth-order valence-corrected chi connectivity index (χ4v) is 5.82. The Labute approximate surface area is 195 Å². The number of hydrogen-bond acceptors (Lipinski definition) is 6. The maximum Gasteiger partial charge on any atom is 0.230 e. The summed E-state index contributed by atoms with van der Waals surface area (Å²) in [4.78, 5) is 19.0. The highest BCUT2D eigenvalue weighted by molar-refractivity contribution is 5.84. The summed E-state index contributed by atoms with van der Waals surface area (Å²) in [5.74, 6) is 1.39. The van der Waals surface area contributed by atoms with E-state index in [0.29, 0.717) is 5.95 Å². The van der Waals surface area contributed by atoms with Gasteiger partial charge in [-0.3, -0.25) is 0 Å². The molecule has 0 radical (unpaired) electrons. The third kappa shape index (κ3) is 3.68. The Balaban J connectivity index is 1.29. The van der Waals surface area contributed by atoms with Crippen molar-refractivity contribution in [1.29, 1.82) is 0 Å². The second-order valence-corrected chi connectivity index (χ2v) is 10.0. The lowest BCUT2D eigenvalue weighted by molar-refractivity contribution is 0.197. The number of aromatic nitrogens is 4. The van der Waals surface area contributed by atoms with Crippen molar-refractivity contribution in [2.75, 3.05) is 43.4 Å². The molecule has 33 heavy (non-hydrogen) atoms. The SMILES string of the molecule is CC1=CCC2(CCCCC2)n2c1cc1cnc(Nc3ccc(N4CCN(C)CC4)cn3)nc12. The Bertz CT molecular complexity index is 1180. The lowest BCUT2D eigenvalue weighted by atomic mass is 9.77. The molecule has 2 fully saturated rings. The molecule has 3 aromatic rings. The maximum absolute atomic E-state index is 5.01. The summed E-state index contributed by atoms with van der Waals surface area (Å²) >= 11 is 0. The van der Waals surface area contributed by atoms with Gasteiger partial charge in [0.15, 0.2) is 0 Å². The number of anilines is 3. The second-order valence-electron chi connectivity index (χ2n) is 10.0. The molecule has 7 nitrogen and oxygen atoms in total. The molecule has 5 heterocycles. The molecule has 0 amide bonds. The monoisotopic (exact) mass is 443 g/mol. The molecule has 1 saturated heterocycles. The Kier molecular flexibility index (Phi) is 5.09. The number of allylic oxidation sites excluding steroid dienone is 2. The topological polar surface area (TPSA) is 62.1 Å². The number of pyridine rings is 1. The van der Waals surface area contributed by atoms with Crippen LogP contribution >= 0.6 is 0 Å². The molecule has 172 valence electrons. The number of nitrogens with zero attached hydrogens (tertiary/aromatic N) is 6. The van der Waals surface area contributed by atoms with E-state index >= 15 is 0 Å². The van der Waals surface area contributed by atoms with E-state index in [-0.39, 0.29) is 5.54 Å². The number of piperazine rings is 1. The molecule has 1 saturated carbocycles. The Morgan fingerprint density at radius 3 is 2.55 bits per heavy atom. The lowest BCUT2D eigenvalue weighted by Crippen LogP contribution is -2.44. The summed E-state index contributed by atoms with van der Waals surface area (Å²) in [5, 5.41) is 4.46. The van der Waals surface area contributed by atoms with Crippen molar-refractivity contribution in [1.82, 2.24) is 24.4 Å². The van der Waals surface area contributed by atoms with Crippen LogP contribution in [0.1, 0.15) is 51.1 Å². The second kappa shape index (κ2) is 8.13. The average Bonchev–Trinajstić information content (AvgIpc) is 3.24. The molecule has 0 aromatic carbocycles. The number of hydrogen-bond donors (Lipinski definition) is 1. The van der Waals surface area contributed by atoms with Crippen molar-refractivity contribution in [3.63, 3.8) is 0 Å². The van der Waals surface area contributed by atoms with Crippen LogP contribution in [-0.4, -0.2) is 57.6 Å². The highest BCUT2D eigenvalue weighted by Crippen LogP contribution is 2.46. The molecule has 3 aliphatic rings. The molecule has 1 aliphatic carbocycles. The summed E-state index contributed by atoms with van der Waals surface area (Å²) < 4.78 is 2.54. The minimum atomic E-state index is 0.170. The first-order chi connectivity index (χ1) is 16.1. The van der Waals surface area contributed by atoms with Crippen LogP contribution in [0, 0.1) is 0 Å². The van der Waals surface area contributed by atoms with Gasteiger partial charge in [-0.1, -0.05) is 25.3 Å². The fraction of sp³-hybridized carbons (Fsp3) is 0.500. The molecule has 1 spiro atoms. The highest BCUT2D eigenvalue weighted by Gasteiger charge is 2.38.